The first-order valence-electron chi connectivity index (χ1n) is 41.2. The third kappa shape index (κ3) is 72.5. The van der Waals surface area contributed by atoms with E-state index in [1.54, 1.807) is 0 Å². The molecule has 100 heavy (non-hydrogen) atoms. The Balaban J connectivity index is 5.26. The van der Waals surface area contributed by atoms with E-state index in [9.17, 15) is 43.2 Å². The molecule has 0 aromatic carbocycles. The predicted octanol–water partition coefficient (Wildman–Crippen LogP) is 23.7. The highest BCUT2D eigenvalue weighted by Gasteiger charge is 2.30. The van der Waals surface area contributed by atoms with Gasteiger partial charge in [0.25, 0.3) is 0 Å². The lowest BCUT2D eigenvalue weighted by atomic mass is 9.99. The Morgan fingerprint density at radius 3 is 0.890 bits per heavy atom. The number of phosphoric ester groups is 2. The maximum atomic E-state index is 13.1. The summed E-state index contributed by atoms with van der Waals surface area (Å²) in [5.74, 6) is 0.186. The molecule has 0 radical (unpaired) electrons. The van der Waals surface area contributed by atoms with Crippen LogP contribution >= 0.6 is 15.6 Å². The zero-order valence-corrected chi connectivity index (χ0v) is 66.9. The number of esters is 4. The van der Waals surface area contributed by atoms with Crippen molar-refractivity contribution in [3.63, 3.8) is 0 Å². The van der Waals surface area contributed by atoms with E-state index in [0.29, 0.717) is 31.6 Å². The van der Waals surface area contributed by atoms with E-state index in [1.807, 2.05) is 0 Å². The lowest BCUT2D eigenvalue weighted by molar-refractivity contribution is -0.161. The van der Waals surface area contributed by atoms with Crippen LogP contribution in [0.2, 0.25) is 0 Å². The molecule has 0 saturated carbocycles. The van der Waals surface area contributed by atoms with Gasteiger partial charge in [0, 0.05) is 25.7 Å². The van der Waals surface area contributed by atoms with Gasteiger partial charge in [0.2, 0.25) is 0 Å². The summed E-state index contributed by atoms with van der Waals surface area (Å²) in [5.41, 5.74) is 0. The normalized spacial score (nSPS) is 14.4. The van der Waals surface area contributed by atoms with Gasteiger partial charge in [-0.05, 0) is 69.1 Å². The summed E-state index contributed by atoms with van der Waals surface area (Å²) in [7, 11) is -9.93. The van der Waals surface area contributed by atoms with E-state index in [4.69, 9.17) is 37.0 Å². The number of carbonyl (C=O) groups excluding carboxylic acids is 4. The number of hydrogen-bond acceptors (Lipinski definition) is 15. The largest absolute Gasteiger partial charge is 0.472 e. The smallest absolute Gasteiger partial charge is 0.462 e. The number of allylic oxidation sites excluding steroid dienone is 4. The van der Waals surface area contributed by atoms with Crippen LogP contribution in [0.15, 0.2) is 24.3 Å². The second kappa shape index (κ2) is 70.8. The summed E-state index contributed by atoms with van der Waals surface area (Å²) in [6.45, 7) is 11.9. The number of ether oxygens (including phenoxy) is 4. The molecule has 0 heterocycles. The topological polar surface area (TPSA) is 237 Å². The highest BCUT2D eigenvalue weighted by molar-refractivity contribution is 7.47. The summed E-state index contributed by atoms with van der Waals surface area (Å²) in [4.78, 5) is 73.0. The van der Waals surface area contributed by atoms with Gasteiger partial charge in [-0.25, -0.2) is 9.13 Å². The number of hydrogen-bond donors (Lipinski definition) is 3. The molecule has 19 heteroatoms. The molecule has 0 fully saturated rings. The lowest BCUT2D eigenvalue weighted by Crippen LogP contribution is -2.30. The molecule has 590 valence electrons. The summed E-state index contributed by atoms with van der Waals surface area (Å²) in [6, 6.07) is 0. The quantitative estimate of drug-likeness (QED) is 0.0169. The Bertz CT molecular complexity index is 2040. The maximum absolute atomic E-state index is 13.1. The molecule has 0 aliphatic carbocycles. The summed E-state index contributed by atoms with van der Waals surface area (Å²) in [5, 5.41) is 10.6. The van der Waals surface area contributed by atoms with Gasteiger partial charge in [-0.3, -0.25) is 37.3 Å². The van der Waals surface area contributed by atoms with Crippen LogP contribution in [0.3, 0.4) is 0 Å². The van der Waals surface area contributed by atoms with Crippen molar-refractivity contribution in [1.82, 2.24) is 0 Å². The Hall–Kier alpha value is -2.46. The number of phosphoric acid groups is 2. The maximum Gasteiger partial charge on any atom is 0.472 e. The first-order valence-corrected chi connectivity index (χ1v) is 44.2. The first-order chi connectivity index (χ1) is 48.3. The van der Waals surface area contributed by atoms with Crippen LogP contribution in [-0.4, -0.2) is 96.7 Å². The average Bonchev–Trinajstić information content (AvgIpc) is 0.975. The van der Waals surface area contributed by atoms with Crippen molar-refractivity contribution in [2.75, 3.05) is 39.6 Å². The van der Waals surface area contributed by atoms with Crippen LogP contribution in [0.25, 0.3) is 0 Å². The second-order valence-corrected chi connectivity index (χ2v) is 32.6. The SMILES string of the molecule is CCCCCC/C=C\C=C/CCCCCCCC(=O)O[C@H](COC(=O)CCCCCCCCCC(C)C)COP(=O)(O)OCC(O)COP(=O)(O)OC[C@@H](COC(=O)CCCCCCCCCCCCC(C)CC)OC(=O)CCCCCCCCCCCCCCCCCCCCC(C)C. The fraction of sp³-hybridized carbons (Fsp3) is 0.901. The van der Waals surface area contributed by atoms with E-state index >= 15 is 0 Å². The standard InChI is InChI=1S/C81H154O17P2/c1-8-10-11-12-13-14-15-16-21-25-28-35-42-50-57-64-81(86)98-77(69-92-79(84)63-56-49-44-37-39-46-53-60-73(5)6)71-96-100(89,90)94-67-75(82)66-93-99(87,88)95-70-76(68-91-78(83)62-55-48-41-34-31-30-33-40-47-54-61-74(7)9-2)97-80(85)65-58-51-43-36-29-26-23-20-18-17-19-22-24-27-32-38-45-52-59-72(3)4/h14-16,21,72-77,82H,8-13,17-20,22-71H2,1-7H3,(H,87,88)(H,89,90)/b15-14-,21-16-/t74?,75?,76-,77-/m1/s1. The Morgan fingerprint density at radius 1 is 0.330 bits per heavy atom. The van der Waals surface area contributed by atoms with Gasteiger partial charge in [-0.1, -0.05) is 342 Å². The van der Waals surface area contributed by atoms with Crippen LogP contribution in [0, 0.1) is 17.8 Å². The van der Waals surface area contributed by atoms with E-state index in [-0.39, 0.29) is 25.7 Å². The van der Waals surface area contributed by atoms with E-state index in [1.165, 1.54) is 186 Å². The number of aliphatic hydroxyl groups is 1. The zero-order valence-electron chi connectivity index (χ0n) is 65.2. The van der Waals surface area contributed by atoms with Gasteiger partial charge in [0.05, 0.1) is 26.4 Å². The van der Waals surface area contributed by atoms with Gasteiger partial charge >= 0.3 is 39.5 Å². The lowest BCUT2D eigenvalue weighted by Gasteiger charge is -2.21. The van der Waals surface area contributed by atoms with Gasteiger partial charge in [-0.2, -0.15) is 0 Å². The summed E-state index contributed by atoms with van der Waals surface area (Å²) >= 11 is 0. The molecule has 4 unspecified atom stereocenters. The molecule has 0 aromatic rings. The molecule has 0 spiro atoms. The third-order valence-corrected chi connectivity index (χ3v) is 20.5. The zero-order chi connectivity index (χ0) is 73.7. The van der Waals surface area contributed by atoms with Crippen molar-refractivity contribution in [2.45, 2.75) is 414 Å². The molecule has 0 bridgehead atoms. The van der Waals surface area contributed by atoms with E-state index in [2.05, 4.69) is 72.8 Å². The van der Waals surface area contributed by atoms with Gasteiger partial charge in [0.1, 0.15) is 19.3 Å². The number of carbonyl (C=O) groups is 4. The fourth-order valence-electron chi connectivity index (χ4n) is 11.9. The minimum atomic E-state index is -4.97. The molecule has 0 rings (SSSR count). The monoisotopic (exact) mass is 1460 g/mol. The number of aliphatic hydroxyl groups excluding tert-OH is 1. The predicted molar refractivity (Wildman–Crippen MR) is 409 cm³/mol. The molecule has 3 N–H and O–H groups in total. The van der Waals surface area contributed by atoms with Crippen molar-refractivity contribution in [3.05, 3.63) is 24.3 Å². The van der Waals surface area contributed by atoms with E-state index in [0.717, 1.165) is 121 Å². The molecule has 6 atom stereocenters. The number of unbranched alkanes of at least 4 members (excludes halogenated alkanes) is 41. The third-order valence-electron chi connectivity index (χ3n) is 18.6. The highest BCUT2D eigenvalue weighted by Crippen LogP contribution is 2.45. The molecule has 0 saturated heterocycles. The summed E-state index contributed by atoms with van der Waals surface area (Å²) in [6.07, 6.45) is 61.9. The van der Waals surface area contributed by atoms with Crippen LogP contribution in [0.1, 0.15) is 395 Å². The van der Waals surface area contributed by atoms with Gasteiger partial charge in [0.15, 0.2) is 12.2 Å². The van der Waals surface area contributed by atoms with Gasteiger partial charge < -0.3 is 33.8 Å². The van der Waals surface area contributed by atoms with Crippen molar-refractivity contribution >= 4 is 39.5 Å². The van der Waals surface area contributed by atoms with Crippen LogP contribution in [-0.2, 0) is 65.4 Å². The van der Waals surface area contributed by atoms with Crippen LogP contribution in [0.5, 0.6) is 0 Å². The Morgan fingerprint density at radius 2 is 0.590 bits per heavy atom. The van der Waals surface area contributed by atoms with Crippen molar-refractivity contribution in [2.24, 2.45) is 17.8 Å². The minimum absolute atomic E-state index is 0.0841. The number of rotatable bonds is 77. The first kappa shape index (κ1) is 97.5. The molecular weight excluding hydrogens is 1310 g/mol. The second-order valence-electron chi connectivity index (χ2n) is 29.7. The van der Waals surface area contributed by atoms with Crippen LogP contribution < -0.4 is 0 Å². The van der Waals surface area contributed by atoms with Crippen molar-refractivity contribution in [3.8, 4) is 0 Å². The van der Waals surface area contributed by atoms with Gasteiger partial charge in [-0.15, -0.1) is 0 Å². The van der Waals surface area contributed by atoms with Crippen molar-refractivity contribution < 1.29 is 80.2 Å². The fourth-order valence-corrected chi connectivity index (χ4v) is 13.5. The van der Waals surface area contributed by atoms with E-state index < -0.39 is 97.5 Å². The average molecular weight is 1460 g/mol. The highest BCUT2D eigenvalue weighted by atomic mass is 31.2. The Labute approximate surface area is 612 Å². The molecule has 0 aliphatic rings. The molecular formula is C81H154O17P2. The van der Waals surface area contributed by atoms with Crippen LogP contribution in [0.4, 0.5) is 0 Å². The minimum Gasteiger partial charge on any atom is -0.462 e. The van der Waals surface area contributed by atoms with Crippen molar-refractivity contribution in [1.29, 1.82) is 0 Å². The molecule has 0 aliphatic heterocycles. The summed E-state index contributed by atoms with van der Waals surface area (Å²) < 4.78 is 68.6. The molecule has 17 nitrogen and oxygen atoms in total. The Kier molecular flexibility index (Phi) is 69.1. The molecule has 0 amide bonds. The molecule has 0 aromatic heterocycles.